The van der Waals surface area contributed by atoms with Gasteiger partial charge in [-0.2, -0.15) is 13.2 Å². The minimum Gasteiger partial charge on any atom is -0.390 e. The fourth-order valence-corrected chi connectivity index (χ4v) is 6.10. The predicted octanol–water partition coefficient (Wildman–Crippen LogP) is 3.15. The lowest BCUT2D eigenvalue weighted by Crippen LogP contribution is -2.53. The molecule has 2 atom stereocenters. The smallest absolute Gasteiger partial charge is 0.390 e. The Bertz CT molecular complexity index is 1260. The van der Waals surface area contributed by atoms with Crippen molar-refractivity contribution >= 4 is 29.2 Å². The number of aliphatic hydroxyl groups is 2. The van der Waals surface area contributed by atoms with Gasteiger partial charge in [0, 0.05) is 54.5 Å². The lowest BCUT2D eigenvalue weighted by molar-refractivity contribution is -0.137. The van der Waals surface area contributed by atoms with Crippen molar-refractivity contribution in [3.05, 3.63) is 59.9 Å². The number of halogens is 4. The Morgan fingerprint density at radius 1 is 1.14 bits per heavy atom. The molecule has 1 saturated heterocycles. The molecule has 0 spiro atoms. The summed E-state index contributed by atoms with van der Waals surface area (Å²) in [6.45, 7) is 4.70. The number of aliphatic imine (C=N–C) groups is 1. The highest BCUT2D eigenvalue weighted by atomic mass is 32.2. The summed E-state index contributed by atoms with van der Waals surface area (Å²) in [4.78, 5) is 21.3. The number of hydrogen-bond donors (Lipinski definition) is 2. The first-order valence-corrected chi connectivity index (χ1v) is 12.6. The van der Waals surface area contributed by atoms with Crippen LogP contribution < -0.4 is 4.90 Å². The minimum atomic E-state index is -4.75. The van der Waals surface area contributed by atoms with Crippen LogP contribution in [0.3, 0.4) is 0 Å². The Hall–Kier alpha value is -3.09. The van der Waals surface area contributed by atoms with Crippen LogP contribution in [0.15, 0.2) is 52.9 Å². The van der Waals surface area contributed by atoms with E-state index in [1.807, 2.05) is 0 Å². The highest BCUT2D eigenvalue weighted by Crippen LogP contribution is 2.51. The first kappa shape index (κ1) is 25.6. The molecule has 3 heterocycles. The highest BCUT2D eigenvalue weighted by Gasteiger charge is 2.42. The van der Waals surface area contributed by atoms with E-state index >= 15 is 0 Å². The molecule has 0 radical (unpaired) electrons. The molecular weight excluding hydrogens is 512 g/mol. The summed E-state index contributed by atoms with van der Waals surface area (Å²) in [5.41, 5.74) is -0.350. The number of amides is 1. The quantitative estimate of drug-likeness (QED) is 0.454. The number of carbonyl (C=O) groups excluding carboxylic acids is 1. The fourth-order valence-electron chi connectivity index (χ4n) is 4.90. The van der Waals surface area contributed by atoms with E-state index in [9.17, 15) is 32.6 Å². The number of carbonyl (C=O) groups is 1. The van der Waals surface area contributed by atoms with Crippen molar-refractivity contribution in [1.29, 1.82) is 0 Å². The Morgan fingerprint density at radius 2 is 1.81 bits per heavy atom. The van der Waals surface area contributed by atoms with Crippen molar-refractivity contribution in [3.63, 3.8) is 0 Å². The molecule has 3 aliphatic rings. The van der Waals surface area contributed by atoms with Crippen LogP contribution in [0.1, 0.15) is 11.1 Å². The van der Waals surface area contributed by atoms with Crippen molar-refractivity contribution in [2.75, 3.05) is 43.4 Å². The van der Waals surface area contributed by atoms with Gasteiger partial charge < -0.3 is 24.9 Å². The number of alkyl halides is 3. The van der Waals surface area contributed by atoms with Gasteiger partial charge in [-0.15, -0.1) is 11.8 Å². The summed E-state index contributed by atoms with van der Waals surface area (Å²) < 4.78 is 57.2. The second-order valence-corrected chi connectivity index (χ2v) is 9.99. The van der Waals surface area contributed by atoms with Gasteiger partial charge >= 0.3 is 6.18 Å². The van der Waals surface area contributed by atoms with E-state index < -0.39 is 30.0 Å². The summed E-state index contributed by atoms with van der Waals surface area (Å²) in [7, 11) is 0. The molecule has 2 N–H and O–H groups in total. The predicted molar refractivity (Wildman–Crippen MR) is 132 cm³/mol. The van der Waals surface area contributed by atoms with Gasteiger partial charge in [0.15, 0.2) is 0 Å². The topological polar surface area (TPSA) is 79.6 Å². The lowest BCUT2D eigenvalue weighted by Gasteiger charge is -2.41. The van der Waals surface area contributed by atoms with Crippen molar-refractivity contribution in [2.24, 2.45) is 4.99 Å². The van der Waals surface area contributed by atoms with Gasteiger partial charge in [0.2, 0.25) is 12.3 Å². The minimum absolute atomic E-state index is 0.0270. The van der Waals surface area contributed by atoms with Gasteiger partial charge in [0.1, 0.15) is 11.7 Å². The second-order valence-electron chi connectivity index (χ2n) is 8.96. The summed E-state index contributed by atoms with van der Waals surface area (Å²) in [5.74, 6) is -0.523. The van der Waals surface area contributed by atoms with Gasteiger partial charge in [-0.1, -0.05) is 18.7 Å². The molecule has 7 nitrogen and oxygen atoms in total. The molecule has 2 unspecified atom stereocenters. The molecule has 1 fully saturated rings. The molecule has 1 amide bonds. The number of nitrogens with zero attached hydrogens (tertiary/aromatic N) is 4. The standard InChI is InChI=1S/C25H24F4N4O3S/c1-2-19(35)31-7-9-32(10-8-31)23-17-11-18(25(27,28)29)20(14-3-5-15(26)6-4-14)22-21(17)33(24(36)30-23)12-16(34)13-37-22/h2-6,11,16,24,34,36H,1,7-10,12-13H2. The molecule has 0 saturated carbocycles. The van der Waals surface area contributed by atoms with Crippen molar-refractivity contribution in [3.8, 4) is 11.1 Å². The zero-order chi connectivity index (χ0) is 26.5. The van der Waals surface area contributed by atoms with Crippen molar-refractivity contribution in [1.82, 2.24) is 9.80 Å². The van der Waals surface area contributed by atoms with E-state index in [1.54, 1.807) is 9.80 Å². The normalized spacial score (nSPS) is 21.8. The van der Waals surface area contributed by atoms with Crippen molar-refractivity contribution in [2.45, 2.75) is 23.5 Å². The maximum atomic E-state index is 14.5. The molecule has 0 bridgehead atoms. The average molecular weight is 537 g/mol. The maximum absolute atomic E-state index is 14.5. The molecule has 3 aliphatic heterocycles. The largest absolute Gasteiger partial charge is 0.417 e. The van der Waals surface area contributed by atoms with E-state index in [4.69, 9.17) is 0 Å². The molecule has 2 aromatic rings. The molecule has 2 aromatic carbocycles. The monoisotopic (exact) mass is 536 g/mol. The van der Waals surface area contributed by atoms with E-state index in [2.05, 4.69) is 11.6 Å². The number of piperazine rings is 1. The number of aliphatic hydroxyl groups excluding tert-OH is 2. The number of rotatable bonds is 2. The summed E-state index contributed by atoms with van der Waals surface area (Å²) in [6.07, 6.45) is -5.90. The van der Waals surface area contributed by atoms with Crippen LogP contribution in [-0.4, -0.2) is 82.7 Å². The van der Waals surface area contributed by atoms with Gasteiger partial charge in [-0.3, -0.25) is 4.79 Å². The van der Waals surface area contributed by atoms with E-state index in [-0.39, 0.29) is 45.6 Å². The molecule has 196 valence electrons. The lowest BCUT2D eigenvalue weighted by atomic mass is 9.93. The van der Waals surface area contributed by atoms with Gasteiger partial charge in [0.05, 0.1) is 17.4 Å². The zero-order valence-corrected chi connectivity index (χ0v) is 20.4. The molecule has 12 heteroatoms. The van der Waals surface area contributed by atoms with Crippen LogP contribution in [-0.2, 0) is 11.0 Å². The third-order valence-electron chi connectivity index (χ3n) is 6.63. The number of hydrogen-bond acceptors (Lipinski definition) is 7. The zero-order valence-electron chi connectivity index (χ0n) is 19.6. The number of thioether (sulfide) groups is 1. The Morgan fingerprint density at radius 3 is 2.43 bits per heavy atom. The summed E-state index contributed by atoms with van der Waals surface area (Å²) in [5, 5.41) is 21.5. The van der Waals surface area contributed by atoms with Crippen LogP contribution in [0.2, 0.25) is 0 Å². The Balaban J connectivity index is 1.69. The third kappa shape index (κ3) is 4.69. The van der Waals surface area contributed by atoms with Gasteiger partial charge in [-0.25, -0.2) is 9.38 Å². The summed E-state index contributed by atoms with van der Waals surface area (Å²) in [6, 6.07) is 5.80. The molecule has 0 aromatic heterocycles. The van der Waals surface area contributed by atoms with Crippen LogP contribution >= 0.6 is 11.8 Å². The molecular formula is C25H24F4N4O3S. The van der Waals surface area contributed by atoms with Gasteiger partial charge in [0.25, 0.3) is 0 Å². The van der Waals surface area contributed by atoms with Crippen LogP contribution in [0.25, 0.3) is 11.1 Å². The number of benzene rings is 2. The Kier molecular flexibility index (Phi) is 6.67. The maximum Gasteiger partial charge on any atom is 0.417 e. The number of amidine groups is 1. The van der Waals surface area contributed by atoms with E-state index in [0.717, 1.165) is 30.0 Å². The molecule has 5 rings (SSSR count). The SMILES string of the molecule is C=CC(=O)N1CCN(C2=NC(O)N3CC(O)CSc4c(-c5ccc(F)cc5)c(C(F)(F)F)cc2c43)CC1. The highest BCUT2D eigenvalue weighted by molar-refractivity contribution is 7.99. The molecule has 37 heavy (non-hydrogen) atoms. The van der Waals surface area contributed by atoms with Crippen molar-refractivity contribution < 1.29 is 32.6 Å². The van der Waals surface area contributed by atoms with Crippen LogP contribution in [0.5, 0.6) is 0 Å². The first-order chi connectivity index (χ1) is 17.6. The van der Waals surface area contributed by atoms with Gasteiger partial charge in [-0.05, 0) is 29.8 Å². The Labute approximate surface area is 214 Å². The van der Waals surface area contributed by atoms with Crippen LogP contribution in [0, 0.1) is 5.82 Å². The fraction of sp³-hybridized carbons (Fsp3) is 0.360. The third-order valence-corrected chi connectivity index (χ3v) is 7.87. The molecule has 0 aliphatic carbocycles. The number of anilines is 1. The first-order valence-electron chi connectivity index (χ1n) is 11.6. The van der Waals surface area contributed by atoms with E-state index in [1.165, 1.54) is 23.1 Å². The second kappa shape index (κ2) is 9.66. The van der Waals surface area contributed by atoms with E-state index in [0.29, 0.717) is 31.9 Å². The average Bonchev–Trinajstić information content (AvgIpc) is 3.05. The van der Waals surface area contributed by atoms with Crippen LogP contribution in [0.4, 0.5) is 23.2 Å². The summed E-state index contributed by atoms with van der Waals surface area (Å²) >= 11 is 1.06.